The van der Waals surface area contributed by atoms with Crippen molar-refractivity contribution in [3.63, 3.8) is 0 Å². The molecule has 0 saturated heterocycles. The Morgan fingerprint density at radius 1 is 0.857 bits per heavy atom. The molecule has 142 valence electrons. The summed E-state index contributed by atoms with van der Waals surface area (Å²) in [6.45, 7) is 0.192. The number of aromatic nitrogens is 2. The van der Waals surface area contributed by atoms with E-state index in [0.29, 0.717) is 28.8 Å². The van der Waals surface area contributed by atoms with Gasteiger partial charge in [-0.3, -0.25) is 4.68 Å². The van der Waals surface area contributed by atoms with Crippen LogP contribution in [-0.4, -0.2) is 14.9 Å². The average molecular weight is 382 g/mol. The number of halogens is 3. The van der Waals surface area contributed by atoms with Gasteiger partial charge in [-0.25, -0.2) is 0 Å². The summed E-state index contributed by atoms with van der Waals surface area (Å²) < 4.78 is 42.2. The molecule has 0 amide bonds. The van der Waals surface area contributed by atoms with E-state index < -0.39 is 11.7 Å². The lowest BCUT2D eigenvalue weighted by Gasteiger charge is -2.09. The summed E-state index contributed by atoms with van der Waals surface area (Å²) in [7, 11) is 0. The molecule has 1 heterocycles. The van der Waals surface area contributed by atoms with Gasteiger partial charge >= 0.3 is 6.18 Å². The molecule has 4 rings (SSSR count). The number of hydrogen-bond acceptors (Lipinski definition) is 2. The van der Waals surface area contributed by atoms with Crippen LogP contribution in [0.5, 0.6) is 0 Å². The van der Waals surface area contributed by atoms with Crippen molar-refractivity contribution >= 4 is 10.9 Å². The van der Waals surface area contributed by atoms with Gasteiger partial charge in [0.25, 0.3) is 0 Å². The van der Waals surface area contributed by atoms with Crippen molar-refractivity contribution in [2.24, 2.45) is 0 Å². The summed E-state index contributed by atoms with van der Waals surface area (Å²) in [6, 6.07) is 20.7. The van der Waals surface area contributed by atoms with Crippen LogP contribution in [0, 0.1) is 0 Å². The zero-order valence-corrected chi connectivity index (χ0v) is 14.8. The summed E-state index contributed by atoms with van der Waals surface area (Å²) in [5.41, 5.74) is 2.10. The fourth-order valence-corrected chi connectivity index (χ4v) is 3.37. The number of benzene rings is 3. The molecular weight excluding hydrogens is 365 g/mol. The maximum Gasteiger partial charge on any atom is 0.418 e. The molecule has 4 aromatic rings. The Morgan fingerprint density at radius 2 is 1.57 bits per heavy atom. The molecule has 0 unspecified atom stereocenters. The van der Waals surface area contributed by atoms with Crippen LogP contribution in [0.4, 0.5) is 13.2 Å². The van der Waals surface area contributed by atoms with Crippen LogP contribution in [0.25, 0.3) is 22.2 Å². The van der Waals surface area contributed by atoms with Gasteiger partial charge in [0.15, 0.2) is 0 Å². The van der Waals surface area contributed by atoms with Crippen LogP contribution in [0.15, 0.2) is 72.8 Å². The van der Waals surface area contributed by atoms with Gasteiger partial charge in [0.05, 0.1) is 24.4 Å². The first kappa shape index (κ1) is 18.3. The summed E-state index contributed by atoms with van der Waals surface area (Å²) in [5.74, 6) is 0. The predicted octanol–water partition coefficient (Wildman–Crippen LogP) is 5.26. The molecule has 0 spiro atoms. The van der Waals surface area contributed by atoms with Crippen LogP contribution in [-0.2, 0) is 19.3 Å². The molecule has 0 aliphatic heterocycles. The minimum absolute atomic E-state index is 0.0738. The Kier molecular flexibility index (Phi) is 4.65. The lowest BCUT2D eigenvalue weighted by Crippen LogP contribution is -2.06. The lowest BCUT2D eigenvalue weighted by molar-refractivity contribution is -0.136. The van der Waals surface area contributed by atoms with Crippen molar-refractivity contribution < 1.29 is 18.3 Å². The molecule has 3 aromatic carbocycles. The topological polar surface area (TPSA) is 38.1 Å². The van der Waals surface area contributed by atoms with Gasteiger partial charge in [0.1, 0.15) is 5.52 Å². The second-order valence-corrected chi connectivity index (χ2v) is 6.55. The van der Waals surface area contributed by atoms with Crippen molar-refractivity contribution in [1.29, 1.82) is 0 Å². The van der Waals surface area contributed by atoms with Gasteiger partial charge < -0.3 is 5.11 Å². The molecule has 0 radical (unpaired) electrons. The van der Waals surface area contributed by atoms with Gasteiger partial charge in [0.2, 0.25) is 0 Å². The number of hydrogen-bond donors (Lipinski definition) is 1. The van der Waals surface area contributed by atoms with Crippen molar-refractivity contribution in [3.8, 4) is 11.3 Å². The maximum absolute atomic E-state index is 13.5. The minimum atomic E-state index is -4.49. The fourth-order valence-electron chi connectivity index (χ4n) is 3.37. The molecule has 6 heteroatoms. The van der Waals surface area contributed by atoms with Crippen LogP contribution in [0.1, 0.15) is 16.7 Å². The number of nitrogens with zero attached hydrogens (tertiary/aromatic N) is 2. The first-order valence-corrected chi connectivity index (χ1v) is 8.78. The maximum atomic E-state index is 13.5. The predicted molar refractivity (Wildman–Crippen MR) is 102 cm³/mol. The van der Waals surface area contributed by atoms with E-state index in [0.717, 1.165) is 11.6 Å². The van der Waals surface area contributed by atoms with E-state index >= 15 is 0 Å². The van der Waals surface area contributed by atoms with Gasteiger partial charge in [-0.05, 0) is 23.3 Å². The molecule has 3 nitrogen and oxygen atoms in total. The van der Waals surface area contributed by atoms with Gasteiger partial charge in [-0.15, -0.1) is 0 Å². The number of alkyl halides is 3. The van der Waals surface area contributed by atoms with Crippen LogP contribution in [0.3, 0.4) is 0 Å². The van der Waals surface area contributed by atoms with E-state index in [2.05, 4.69) is 5.10 Å². The van der Waals surface area contributed by atoms with Gasteiger partial charge in [-0.2, -0.15) is 18.3 Å². The summed E-state index contributed by atoms with van der Waals surface area (Å²) in [4.78, 5) is 0. The van der Waals surface area contributed by atoms with Crippen molar-refractivity contribution in [1.82, 2.24) is 9.78 Å². The second-order valence-electron chi connectivity index (χ2n) is 6.55. The van der Waals surface area contributed by atoms with Crippen molar-refractivity contribution in [3.05, 3.63) is 89.5 Å². The second kappa shape index (κ2) is 7.13. The molecule has 0 bridgehead atoms. The largest absolute Gasteiger partial charge is 0.418 e. The molecule has 0 fully saturated rings. The lowest BCUT2D eigenvalue weighted by atomic mass is 10.0. The Balaban J connectivity index is 1.98. The van der Waals surface area contributed by atoms with E-state index in [9.17, 15) is 18.3 Å². The molecule has 0 saturated carbocycles. The molecule has 0 aliphatic carbocycles. The minimum Gasteiger partial charge on any atom is -0.392 e. The SMILES string of the molecule is OCc1cccc(-c2c3cccc(C(F)(F)F)c3nn2Cc2ccccc2)c1. The Morgan fingerprint density at radius 3 is 2.29 bits per heavy atom. The highest BCUT2D eigenvalue weighted by Gasteiger charge is 2.34. The summed E-state index contributed by atoms with van der Waals surface area (Å²) >= 11 is 0. The smallest absolute Gasteiger partial charge is 0.392 e. The van der Waals surface area contributed by atoms with E-state index in [1.165, 1.54) is 6.07 Å². The third-order valence-electron chi connectivity index (χ3n) is 4.63. The summed E-state index contributed by atoms with van der Waals surface area (Å²) in [6.07, 6.45) is -4.49. The number of aliphatic hydroxyl groups excluding tert-OH is 1. The Bertz CT molecular complexity index is 1120. The van der Waals surface area contributed by atoms with E-state index in [1.807, 2.05) is 36.4 Å². The molecule has 0 atom stereocenters. The van der Waals surface area contributed by atoms with E-state index in [1.54, 1.807) is 28.9 Å². The molecule has 28 heavy (non-hydrogen) atoms. The Hall–Kier alpha value is -3.12. The summed E-state index contributed by atoms with van der Waals surface area (Å²) in [5, 5.41) is 14.2. The van der Waals surface area contributed by atoms with E-state index in [4.69, 9.17) is 0 Å². The highest BCUT2D eigenvalue weighted by molar-refractivity contribution is 5.95. The fraction of sp³-hybridized carbons (Fsp3) is 0.136. The number of aliphatic hydroxyl groups is 1. The first-order valence-electron chi connectivity index (χ1n) is 8.78. The van der Waals surface area contributed by atoms with Crippen LogP contribution < -0.4 is 0 Å². The van der Waals surface area contributed by atoms with Gasteiger partial charge in [0, 0.05) is 10.9 Å². The number of fused-ring (bicyclic) bond motifs is 1. The standard InChI is InChI=1S/C22H17F3N2O/c23-22(24,25)19-11-5-10-18-20(19)26-27(13-15-6-2-1-3-7-15)21(18)17-9-4-8-16(12-17)14-28/h1-12,28H,13-14H2. The molecule has 1 N–H and O–H groups in total. The van der Waals surface area contributed by atoms with Crippen LogP contribution in [0.2, 0.25) is 0 Å². The molecule has 0 aliphatic rings. The Labute approximate surface area is 159 Å². The molecule has 1 aromatic heterocycles. The van der Waals surface area contributed by atoms with E-state index in [-0.39, 0.29) is 12.1 Å². The highest BCUT2D eigenvalue weighted by Crippen LogP contribution is 2.38. The third kappa shape index (κ3) is 3.39. The monoisotopic (exact) mass is 382 g/mol. The highest BCUT2D eigenvalue weighted by atomic mass is 19.4. The number of rotatable bonds is 4. The van der Waals surface area contributed by atoms with Gasteiger partial charge in [-0.1, -0.05) is 60.7 Å². The van der Waals surface area contributed by atoms with Crippen molar-refractivity contribution in [2.75, 3.05) is 0 Å². The first-order chi connectivity index (χ1) is 13.5. The normalized spacial score (nSPS) is 11.9. The van der Waals surface area contributed by atoms with Crippen molar-refractivity contribution in [2.45, 2.75) is 19.3 Å². The third-order valence-corrected chi connectivity index (χ3v) is 4.63. The average Bonchev–Trinajstić information content (AvgIpc) is 3.05. The quantitative estimate of drug-likeness (QED) is 0.523. The molecular formula is C22H17F3N2O. The van der Waals surface area contributed by atoms with Crippen LogP contribution >= 0.6 is 0 Å². The zero-order chi connectivity index (χ0) is 19.7. The zero-order valence-electron chi connectivity index (χ0n) is 14.8.